The molecule has 0 aliphatic heterocycles. The lowest BCUT2D eigenvalue weighted by molar-refractivity contribution is -0.131. The van der Waals surface area contributed by atoms with Crippen molar-refractivity contribution in [2.45, 2.75) is 37.8 Å². The van der Waals surface area contributed by atoms with Crippen molar-refractivity contribution in [1.29, 1.82) is 0 Å². The molecule has 0 saturated heterocycles. The summed E-state index contributed by atoms with van der Waals surface area (Å²) in [4.78, 5) is 14.9. The minimum Gasteiger partial charge on any atom is -0.435 e. The molecular formula is C21H21ClF2N2O2S. The summed E-state index contributed by atoms with van der Waals surface area (Å²) in [6, 6.07) is 13.3. The number of rotatable bonds is 5. The highest BCUT2D eigenvalue weighted by Crippen LogP contribution is 2.42. The van der Waals surface area contributed by atoms with Gasteiger partial charge in [-0.3, -0.25) is 4.79 Å². The molecule has 0 bridgehead atoms. The van der Waals surface area contributed by atoms with Gasteiger partial charge in [-0.2, -0.15) is 8.78 Å². The molecule has 1 aliphatic carbocycles. The Morgan fingerprint density at radius 2 is 1.90 bits per heavy atom. The maximum absolute atomic E-state index is 13.1. The molecule has 154 valence electrons. The first-order valence-corrected chi connectivity index (χ1v) is 10.0. The van der Waals surface area contributed by atoms with Crippen molar-refractivity contribution in [2.75, 3.05) is 12.4 Å². The van der Waals surface area contributed by atoms with E-state index < -0.39 is 12.2 Å². The minimum atomic E-state index is -2.88. The van der Waals surface area contributed by atoms with Gasteiger partial charge in [-0.05, 0) is 61.8 Å². The van der Waals surface area contributed by atoms with Crippen molar-refractivity contribution < 1.29 is 18.3 Å². The summed E-state index contributed by atoms with van der Waals surface area (Å²) in [5.74, 6) is 0.129. The van der Waals surface area contributed by atoms with Gasteiger partial charge in [0, 0.05) is 29.7 Å². The van der Waals surface area contributed by atoms with E-state index in [-0.39, 0.29) is 11.5 Å². The third-order valence-corrected chi connectivity index (χ3v) is 5.89. The Kier molecular flexibility index (Phi) is 6.70. The molecular weight excluding hydrogens is 418 g/mol. The van der Waals surface area contributed by atoms with E-state index in [9.17, 15) is 13.6 Å². The van der Waals surface area contributed by atoms with Gasteiger partial charge in [-0.15, -0.1) is 0 Å². The second-order valence-corrected chi connectivity index (χ2v) is 7.66. The van der Waals surface area contributed by atoms with Gasteiger partial charge in [-0.1, -0.05) is 29.8 Å². The summed E-state index contributed by atoms with van der Waals surface area (Å²) in [5.41, 5.74) is 0.388. The predicted octanol–water partition coefficient (Wildman–Crippen LogP) is 5.61. The monoisotopic (exact) mass is 438 g/mol. The highest BCUT2D eigenvalue weighted by atomic mass is 35.5. The van der Waals surface area contributed by atoms with Gasteiger partial charge in [0.15, 0.2) is 10.9 Å². The number of halogens is 3. The van der Waals surface area contributed by atoms with Crippen LogP contribution in [0.25, 0.3) is 0 Å². The first-order chi connectivity index (χ1) is 13.8. The number of nitrogens with zero attached hydrogens (tertiary/aromatic N) is 1. The molecule has 0 heterocycles. The summed E-state index contributed by atoms with van der Waals surface area (Å²) < 4.78 is 29.0. The van der Waals surface area contributed by atoms with Crippen LogP contribution >= 0.6 is 23.8 Å². The van der Waals surface area contributed by atoms with Crippen LogP contribution in [0.5, 0.6) is 5.75 Å². The Labute approximate surface area is 178 Å². The molecule has 0 amide bonds. The van der Waals surface area contributed by atoms with Crippen molar-refractivity contribution in [3.05, 3.63) is 59.1 Å². The highest BCUT2D eigenvalue weighted by Gasteiger charge is 2.47. The van der Waals surface area contributed by atoms with E-state index in [4.69, 9.17) is 23.8 Å². The van der Waals surface area contributed by atoms with Gasteiger partial charge in [-0.25, -0.2) is 0 Å². The zero-order chi connectivity index (χ0) is 21.0. The van der Waals surface area contributed by atoms with Gasteiger partial charge in [0.25, 0.3) is 0 Å². The first-order valence-electron chi connectivity index (χ1n) is 9.22. The van der Waals surface area contributed by atoms with E-state index in [1.54, 1.807) is 30.1 Å². The number of anilines is 1. The van der Waals surface area contributed by atoms with Crippen LogP contribution in [0.2, 0.25) is 5.02 Å². The van der Waals surface area contributed by atoms with Crippen LogP contribution in [-0.4, -0.2) is 29.5 Å². The smallest absolute Gasteiger partial charge is 0.387 e. The zero-order valence-corrected chi connectivity index (χ0v) is 17.4. The lowest BCUT2D eigenvalue weighted by atomic mass is 9.74. The minimum absolute atomic E-state index is 0.0554. The molecule has 4 nitrogen and oxygen atoms in total. The summed E-state index contributed by atoms with van der Waals surface area (Å²) >= 11 is 12.0. The Morgan fingerprint density at radius 1 is 1.21 bits per heavy atom. The van der Waals surface area contributed by atoms with E-state index in [2.05, 4.69) is 10.1 Å². The molecule has 1 aliphatic rings. The topological polar surface area (TPSA) is 41.6 Å². The van der Waals surface area contributed by atoms with Gasteiger partial charge in [0.1, 0.15) is 11.3 Å². The number of Topliss-reactive ketones (excluding diaryl/α,β-unsaturated/α-hetero) is 1. The number of ketones is 1. The van der Waals surface area contributed by atoms with Gasteiger partial charge in [0.05, 0.1) is 0 Å². The largest absolute Gasteiger partial charge is 0.435 e. The highest BCUT2D eigenvalue weighted by molar-refractivity contribution is 7.80. The molecule has 1 fully saturated rings. The van der Waals surface area contributed by atoms with Crippen LogP contribution in [0.1, 0.15) is 31.2 Å². The SMILES string of the molecule is CN(C(=S)Nc1ccc(OC(F)F)cc1)C1(c2ccccc2Cl)CCCCC1=O. The fourth-order valence-electron chi connectivity index (χ4n) is 3.73. The molecule has 0 radical (unpaired) electrons. The fraction of sp³-hybridized carbons (Fsp3) is 0.333. The number of alkyl halides is 2. The Bertz CT molecular complexity index is 895. The molecule has 1 atom stereocenters. The van der Waals surface area contributed by atoms with Gasteiger partial charge >= 0.3 is 6.61 Å². The van der Waals surface area contributed by atoms with Crippen molar-refractivity contribution in [3.8, 4) is 5.75 Å². The number of carbonyl (C=O) groups is 1. The molecule has 1 N–H and O–H groups in total. The number of ether oxygens (including phenoxy) is 1. The quantitative estimate of drug-likeness (QED) is 0.614. The number of hydrogen-bond donors (Lipinski definition) is 1. The van der Waals surface area contributed by atoms with Gasteiger partial charge < -0.3 is 15.0 Å². The summed E-state index contributed by atoms with van der Waals surface area (Å²) in [5, 5.41) is 3.93. The Hall–Kier alpha value is -2.25. The normalized spacial score (nSPS) is 19.1. The van der Waals surface area contributed by atoms with E-state index in [0.717, 1.165) is 18.4 Å². The lowest BCUT2D eigenvalue weighted by Crippen LogP contribution is -2.55. The van der Waals surface area contributed by atoms with Crippen LogP contribution < -0.4 is 10.1 Å². The molecule has 29 heavy (non-hydrogen) atoms. The van der Waals surface area contributed by atoms with Crippen LogP contribution in [0.4, 0.5) is 14.5 Å². The number of carbonyl (C=O) groups excluding carboxylic acids is 1. The fourth-order valence-corrected chi connectivity index (χ4v) is 4.30. The molecule has 2 aromatic rings. The zero-order valence-electron chi connectivity index (χ0n) is 15.8. The van der Waals surface area contributed by atoms with Crippen LogP contribution in [-0.2, 0) is 10.3 Å². The average molecular weight is 439 g/mol. The standard InChI is InChI=1S/C21H21ClF2N2O2S/c1-26(20(29)25-14-9-11-15(12-10-14)28-19(23)24)21(13-5-4-8-18(21)27)16-6-2-3-7-17(16)22/h2-3,6-7,9-12,19H,4-5,8,13H2,1H3,(H,25,29). The summed E-state index contributed by atoms with van der Waals surface area (Å²) in [6.45, 7) is -2.88. The summed E-state index contributed by atoms with van der Waals surface area (Å²) in [7, 11) is 1.77. The second kappa shape index (κ2) is 9.05. The van der Waals surface area contributed by atoms with E-state index in [0.29, 0.717) is 28.7 Å². The Morgan fingerprint density at radius 3 is 2.52 bits per heavy atom. The molecule has 0 aromatic heterocycles. The van der Waals surface area contributed by atoms with Gasteiger partial charge in [0.2, 0.25) is 0 Å². The molecule has 2 aromatic carbocycles. The van der Waals surface area contributed by atoms with Crippen LogP contribution in [0, 0.1) is 0 Å². The molecule has 0 spiro atoms. The first kappa shape index (κ1) is 21.5. The maximum Gasteiger partial charge on any atom is 0.387 e. The van der Waals surface area contributed by atoms with Crippen LogP contribution in [0.3, 0.4) is 0 Å². The third kappa shape index (κ3) is 4.51. The molecule has 1 saturated carbocycles. The average Bonchev–Trinajstić information content (AvgIpc) is 2.69. The molecule has 8 heteroatoms. The number of thiocarbonyl (C=S) groups is 1. The van der Waals surface area contributed by atoms with E-state index in [1.165, 1.54) is 12.1 Å². The number of nitrogens with one attached hydrogen (secondary N) is 1. The number of benzene rings is 2. The predicted molar refractivity (Wildman–Crippen MR) is 114 cm³/mol. The van der Waals surface area contributed by atoms with Crippen molar-refractivity contribution >= 4 is 40.4 Å². The maximum atomic E-state index is 13.1. The Balaban J connectivity index is 1.86. The second-order valence-electron chi connectivity index (χ2n) is 6.86. The van der Waals surface area contributed by atoms with Crippen molar-refractivity contribution in [1.82, 2.24) is 4.90 Å². The van der Waals surface area contributed by atoms with Crippen molar-refractivity contribution in [3.63, 3.8) is 0 Å². The van der Waals surface area contributed by atoms with E-state index in [1.807, 2.05) is 18.2 Å². The number of likely N-dealkylation sites (N-methyl/N-ethyl adjacent to an activating group) is 1. The van der Waals surface area contributed by atoms with Crippen molar-refractivity contribution in [2.24, 2.45) is 0 Å². The third-order valence-electron chi connectivity index (χ3n) is 5.18. The van der Waals surface area contributed by atoms with E-state index >= 15 is 0 Å². The summed E-state index contributed by atoms with van der Waals surface area (Å²) in [6.07, 6.45) is 2.78. The lowest BCUT2D eigenvalue weighted by Gasteiger charge is -2.45. The molecule has 3 rings (SSSR count). The van der Waals surface area contributed by atoms with Crippen LogP contribution in [0.15, 0.2) is 48.5 Å². The molecule has 1 unspecified atom stereocenters. The number of hydrogen-bond acceptors (Lipinski definition) is 3.